The van der Waals surface area contributed by atoms with E-state index in [1.165, 1.54) is 12.0 Å². The summed E-state index contributed by atoms with van der Waals surface area (Å²) in [6, 6.07) is 0.158. The minimum atomic E-state index is -0.882. The Bertz CT molecular complexity index is 244. The maximum atomic E-state index is 10.8. The van der Waals surface area contributed by atoms with Gasteiger partial charge in [0.1, 0.15) is 0 Å². The van der Waals surface area contributed by atoms with Gasteiger partial charge in [0, 0.05) is 25.7 Å². The van der Waals surface area contributed by atoms with Gasteiger partial charge in [-0.1, -0.05) is 0 Å². The average molecular weight is 216 g/mol. The standard InChI is InChI=1S/C9H16N2O4/c1-15-8(12)2-4-10-7-3-5-11(6-7)9(13)14/h7,10H,2-6H2,1H3,(H,13,14). The molecule has 0 saturated carbocycles. The van der Waals surface area contributed by atoms with Crippen molar-refractivity contribution in [3.63, 3.8) is 0 Å². The maximum absolute atomic E-state index is 10.8. The topological polar surface area (TPSA) is 78.9 Å². The zero-order chi connectivity index (χ0) is 11.3. The lowest BCUT2D eigenvalue weighted by atomic mass is 10.2. The Balaban J connectivity index is 2.14. The zero-order valence-electron chi connectivity index (χ0n) is 8.73. The maximum Gasteiger partial charge on any atom is 0.407 e. The van der Waals surface area contributed by atoms with Crippen LogP contribution < -0.4 is 5.32 Å². The first-order valence-corrected chi connectivity index (χ1v) is 4.91. The number of ether oxygens (including phenoxy) is 1. The summed E-state index contributed by atoms with van der Waals surface area (Å²) < 4.78 is 4.49. The Morgan fingerprint density at radius 1 is 1.60 bits per heavy atom. The Morgan fingerprint density at radius 3 is 2.87 bits per heavy atom. The van der Waals surface area contributed by atoms with Gasteiger partial charge in [-0.25, -0.2) is 4.79 Å². The molecule has 0 spiro atoms. The van der Waals surface area contributed by atoms with Gasteiger partial charge < -0.3 is 20.1 Å². The third-order valence-electron chi connectivity index (χ3n) is 2.45. The minimum Gasteiger partial charge on any atom is -0.469 e. The van der Waals surface area contributed by atoms with Gasteiger partial charge in [-0.05, 0) is 6.42 Å². The van der Waals surface area contributed by atoms with Gasteiger partial charge in [-0.2, -0.15) is 0 Å². The van der Waals surface area contributed by atoms with Crippen molar-refractivity contribution in [2.24, 2.45) is 0 Å². The van der Waals surface area contributed by atoms with Gasteiger partial charge in [0.2, 0.25) is 0 Å². The predicted octanol–water partition coefficient (Wildman–Crippen LogP) is -0.109. The highest BCUT2D eigenvalue weighted by molar-refractivity contribution is 5.69. The molecule has 15 heavy (non-hydrogen) atoms. The Hall–Kier alpha value is -1.30. The molecule has 1 heterocycles. The second-order valence-electron chi connectivity index (χ2n) is 3.49. The van der Waals surface area contributed by atoms with Gasteiger partial charge in [0.05, 0.1) is 13.5 Å². The number of amides is 1. The Kier molecular flexibility index (Phi) is 4.36. The summed E-state index contributed by atoms with van der Waals surface area (Å²) in [5.74, 6) is -0.254. The fraction of sp³-hybridized carbons (Fsp3) is 0.778. The molecular formula is C9H16N2O4. The molecule has 0 bridgehead atoms. The van der Waals surface area contributed by atoms with Crippen LogP contribution in [0.1, 0.15) is 12.8 Å². The number of carbonyl (C=O) groups excluding carboxylic acids is 1. The van der Waals surface area contributed by atoms with Crippen molar-refractivity contribution < 1.29 is 19.4 Å². The van der Waals surface area contributed by atoms with E-state index in [0.717, 1.165) is 6.42 Å². The number of esters is 1. The second-order valence-corrected chi connectivity index (χ2v) is 3.49. The van der Waals surface area contributed by atoms with Gasteiger partial charge in [0.15, 0.2) is 0 Å². The molecule has 1 amide bonds. The van der Waals surface area contributed by atoms with Crippen LogP contribution in [0.4, 0.5) is 4.79 Å². The molecule has 0 aromatic heterocycles. The van der Waals surface area contributed by atoms with Gasteiger partial charge >= 0.3 is 12.1 Å². The summed E-state index contributed by atoms with van der Waals surface area (Å²) in [7, 11) is 1.35. The van der Waals surface area contributed by atoms with Crippen molar-refractivity contribution >= 4 is 12.1 Å². The number of likely N-dealkylation sites (tertiary alicyclic amines) is 1. The van der Waals surface area contributed by atoms with E-state index in [1.54, 1.807) is 0 Å². The van der Waals surface area contributed by atoms with Crippen LogP contribution >= 0.6 is 0 Å². The molecule has 86 valence electrons. The SMILES string of the molecule is COC(=O)CCNC1CCN(C(=O)O)C1. The molecule has 1 saturated heterocycles. The minimum absolute atomic E-state index is 0.158. The summed E-state index contributed by atoms with van der Waals surface area (Å²) in [4.78, 5) is 22.8. The molecule has 1 unspecified atom stereocenters. The van der Waals surface area contributed by atoms with Gasteiger partial charge in [-0.3, -0.25) is 4.79 Å². The molecule has 1 fully saturated rings. The van der Waals surface area contributed by atoms with Gasteiger partial charge in [-0.15, -0.1) is 0 Å². The molecule has 1 rings (SSSR count). The molecule has 0 aliphatic carbocycles. The molecule has 2 N–H and O–H groups in total. The van der Waals surface area contributed by atoms with Crippen LogP contribution in [-0.2, 0) is 9.53 Å². The van der Waals surface area contributed by atoms with Crippen LogP contribution in [-0.4, -0.2) is 54.9 Å². The molecular weight excluding hydrogens is 200 g/mol. The zero-order valence-corrected chi connectivity index (χ0v) is 8.73. The molecule has 1 aliphatic heterocycles. The van der Waals surface area contributed by atoms with E-state index in [1.807, 2.05) is 0 Å². The molecule has 1 atom stereocenters. The second kappa shape index (κ2) is 5.55. The average Bonchev–Trinajstić information content (AvgIpc) is 2.66. The first-order valence-electron chi connectivity index (χ1n) is 4.91. The summed E-state index contributed by atoms with van der Waals surface area (Å²) >= 11 is 0. The fourth-order valence-electron chi connectivity index (χ4n) is 1.58. The monoisotopic (exact) mass is 216 g/mol. The van der Waals surface area contributed by atoms with E-state index in [0.29, 0.717) is 26.1 Å². The lowest BCUT2D eigenvalue weighted by molar-refractivity contribution is -0.140. The largest absolute Gasteiger partial charge is 0.469 e. The van der Waals surface area contributed by atoms with E-state index >= 15 is 0 Å². The summed E-state index contributed by atoms with van der Waals surface area (Å²) in [5.41, 5.74) is 0. The lowest BCUT2D eigenvalue weighted by Crippen LogP contribution is -2.35. The van der Waals surface area contributed by atoms with Crippen LogP contribution in [0.5, 0.6) is 0 Å². The Labute approximate surface area is 88.2 Å². The first kappa shape index (κ1) is 11.8. The number of nitrogens with zero attached hydrogens (tertiary/aromatic N) is 1. The molecule has 0 aromatic carbocycles. The normalized spacial score (nSPS) is 20.3. The first-order chi connectivity index (χ1) is 7.13. The highest BCUT2D eigenvalue weighted by atomic mass is 16.5. The van der Waals surface area contributed by atoms with Crippen LogP contribution in [0, 0.1) is 0 Å². The van der Waals surface area contributed by atoms with Crippen LogP contribution in [0.25, 0.3) is 0 Å². The smallest absolute Gasteiger partial charge is 0.407 e. The predicted molar refractivity (Wildman–Crippen MR) is 52.6 cm³/mol. The third kappa shape index (κ3) is 3.75. The Morgan fingerprint density at radius 2 is 2.33 bits per heavy atom. The van der Waals surface area contributed by atoms with E-state index in [4.69, 9.17) is 5.11 Å². The van der Waals surface area contributed by atoms with Crippen molar-refractivity contribution in [2.45, 2.75) is 18.9 Å². The van der Waals surface area contributed by atoms with Crippen LogP contribution in [0.15, 0.2) is 0 Å². The molecule has 6 nitrogen and oxygen atoms in total. The van der Waals surface area contributed by atoms with E-state index in [-0.39, 0.29) is 12.0 Å². The summed E-state index contributed by atoms with van der Waals surface area (Å²) in [5, 5.41) is 11.8. The van der Waals surface area contributed by atoms with E-state index in [2.05, 4.69) is 10.1 Å². The van der Waals surface area contributed by atoms with Gasteiger partial charge in [0.25, 0.3) is 0 Å². The number of rotatable bonds is 4. The number of methoxy groups -OCH3 is 1. The molecule has 0 aromatic rings. The summed E-state index contributed by atoms with van der Waals surface area (Å²) in [6.07, 6.45) is 0.236. The van der Waals surface area contributed by atoms with E-state index in [9.17, 15) is 9.59 Å². The van der Waals surface area contributed by atoms with Crippen LogP contribution in [0.3, 0.4) is 0 Å². The quantitative estimate of drug-likeness (QED) is 0.641. The number of hydrogen-bond donors (Lipinski definition) is 2. The van der Waals surface area contributed by atoms with Crippen LogP contribution in [0.2, 0.25) is 0 Å². The van der Waals surface area contributed by atoms with E-state index < -0.39 is 6.09 Å². The molecule has 6 heteroatoms. The number of carboxylic acid groups (broad SMARTS) is 1. The highest BCUT2D eigenvalue weighted by Gasteiger charge is 2.25. The number of carbonyl (C=O) groups is 2. The van der Waals surface area contributed by atoms with Crippen molar-refractivity contribution in [3.8, 4) is 0 Å². The summed E-state index contributed by atoms with van der Waals surface area (Å²) in [6.45, 7) is 1.59. The molecule has 0 radical (unpaired) electrons. The fourth-order valence-corrected chi connectivity index (χ4v) is 1.58. The van der Waals surface area contributed by atoms with Crippen molar-refractivity contribution in [1.29, 1.82) is 0 Å². The third-order valence-corrected chi connectivity index (χ3v) is 2.45. The lowest BCUT2D eigenvalue weighted by Gasteiger charge is -2.13. The number of nitrogens with one attached hydrogen (secondary N) is 1. The highest BCUT2D eigenvalue weighted by Crippen LogP contribution is 2.08. The molecule has 1 aliphatic rings. The van der Waals surface area contributed by atoms with Crippen molar-refractivity contribution in [2.75, 3.05) is 26.7 Å². The van der Waals surface area contributed by atoms with Crippen molar-refractivity contribution in [1.82, 2.24) is 10.2 Å². The number of hydrogen-bond acceptors (Lipinski definition) is 4. The van der Waals surface area contributed by atoms with Crippen molar-refractivity contribution in [3.05, 3.63) is 0 Å².